The summed E-state index contributed by atoms with van der Waals surface area (Å²) in [6.45, 7) is 2.41. The van der Waals surface area contributed by atoms with Crippen LogP contribution in [0.5, 0.6) is 5.75 Å². The van der Waals surface area contributed by atoms with E-state index in [0.717, 1.165) is 13.1 Å². The molecule has 1 aromatic carbocycles. The average molecular weight is 488 g/mol. The van der Waals surface area contributed by atoms with Gasteiger partial charge in [-0.05, 0) is 75.3 Å². The van der Waals surface area contributed by atoms with Crippen LogP contribution in [-0.2, 0) is 4.79 Å². The van der Waals surface area contributed by atoms with Gasteiger partial charge >= 0.3 is 0 Å². The Balaban J connectivity index is 1.95. The first-order valence-corrected chi connectivity index (χ1v) is 9.86. The van der Waals surface area contributed by atoms with Crippen molar-refractivity contribution in [3.05, 3.63) is 49.2 Å². The van der Waals surface area contributed by atoms with E-state index in [4.69, 9.17) is 17.0 Å². The fourth-order valence-corrected chi connectivity index (χ4v) is 4.57. The Morgan fingerprint density at radius 1 is 1.38 bits per heavy atom. The summed E-state index contributed by atoms with van der Waals surface area (Å²) in [6.07, 6.45) is 1.79. The summed E-state index contributed by atoms with van der Waals surface area (Å²) in [7, 11) is 0. The van der Waals surface area contributed by atoms with Crippen molar-refractivity contribution in [2.75, 3.05) is 11.5 Å². The minimum atomic E-state index is -0.201. The van der Waals surface area contributed by atoms with Gasteiger partial charge in [0.25, 0.3) is 5.91 Å². The molecule has 0 bridgehead atoms. The predicted molar refractivity (Wildman–Crippen MR) is 109 cm³/mol. The lowest BCUT2D eigenvalue weighted by Gasteiger charge is -2.17. The Kier molecular flexibility index (Phi) is 5.39. The minimum Gasteiger partial charge on any atom is -0.492 e. The smallest absolute Gasteiger partial charge is 0.281 e. The summed E-state index contributed by atoms with van der Waals surface area (Å²) in [6, 6.07) is 9.30. The Morgan fingerprint density at radius 3 is 2.79 bits per heavy atom. The lowest BCUT2D eigenvalue weighted by molar-refractivity contribution is -0.113. The van der Waals surface area contributed by atoms with Gasteiger partial charge in [0, 0.05) is 9.35 Å². The molecule has 1 N–H and O–H groups in total. The van der Waals surface area contributed by atoms with E-state index in [-0.39, 0.29) is 5.91 Å². The first-order chi connectivity index (χ1) is 11.5. The fraction of sp³-hybridized carbons (Fsp3) is 0.125. The van der Waals surface area contributed by atoms with E-state index >= 15 is 0 Å². The second kappa shape index (κ2) is 7.35. The SMILES string of the molecule is CCOc1ccccc1N1C(=O)/C(=C\c2cc(Br)c(Br)s2)NC1=S. The molecule has 0 radical (unpaired) electrons. The second-order valence-electron chi connectivity index (χ2n) is 4.80. The number of carbonyl (C=O) groups is 1. The quantitative estimate of drug-likeness (QED) is 0.490. The van der Waals surface area contributed by atoms with Crippen molar-refractivity contribution < 1.29 is 9.53 Å². The van der Waals surface area contributed by atoms with Crippen LogP contribution >= 0.6 is 55.4 Å². The number of para-hydroxylation sites is 2. The number of nitrogens with zero attached hydrogens (tertiary/aromatic N) is 1. The highest BCUT2D eigenvalue weighted by Crippen LogP contribution is 2.35. The number of ether oxygens (including phenoxy) is 1. The van der Waals surface area contributed by atoms with E-state index in [0.29, 0.717) is 28.9 Å². The maximum atomic E-state index is 12.8. The van der Waals surface area contributed by atoms with Gasteiger partial charge < -0.3 is 10.1 Å². The summed E-state index contributed by atoms with van der Waals surface area (Å²) in [5.41, 5.74) is 1.08. The number of thiocarbonyl (C=S) groups is 1. The highest BCUT2D eigenvalue weighted by Gasteiger charge is 2.33. The van der Waals surface area contributed by atoms with Crippen LogP contribution in [0, 0.1) is 0 Å². The summed E-state index contributed by atoms with van der Waals surface area (Å²) in [5.74, 6) is 0.424. The minimum absolute atomic E-state index is 0.201. The second-order valence-corrected chi connectivity index (χ2v) is 8.44. The molecule has 1 aromatic heterocycles. The van der Waals surface area contributed by atoms with Crippen molar-refractivity contribution in [1.82, 2.24) is 5.32 Å². The van der Waals surface area contributed by atoms with Gasteiger partial charge in [0.1, 0.15) is 11.4 Å². The van der Waals surface area contributed by atoms with Gasteiger partial charge in [-0.3, -0.25) is 4.79 Å². The molecule has 2 aromatic rings. The van der Waals surface area contributed by atoms with E-state index in [1.54, 1.807) is 6.08 Å². The van der Waals surface area contributed by atoms with Crippen molar-refractivity contribution >= 4 is 78.2 Å². The van der Waals surface area contributed by atoms with Crippen LogP contribution in [0.25, 0.3) is 6.08 Å². The number of thiophene rings is 1. The summed E-state index contributed by atoms with van der Waals surface area (Å²) < 4.78 is 7.53. The van der Waals surface area contributed by atoms with Gasteiger partial charge in [0.15, 0.2) is 5.11 Å². The number of rotatable bonds is 4. The van der Waals surface area contributed by atoms with Crippen LogP contribution in [0.1, 0.15) is 11.8 Å². The highest BCUT2D eigenvalue weighted by atomic mass is 79.9. The van der Waals surface area contributed by atoms with Crippen LogP contribution in [0.3, 0.4) is 0 Å². The molecule has 0 spiro atoms. The largest absolute Gasteiger partial charge is 0.492 e. The van der Waals surface area contributed by atoms with Gasteiger partial charge in [-0.2, -0.15) is 0 Å². The van der Waals surface area contributed by atoms with Gasteiger partial charge in [-0.25, -0.2) is 4.90 Å². The maximum absolute atomic E-state index is 12.8. The molecule has 24 heavy (non-hydrogen) atoms. The monoisotopic (exact) mass is 486 g/mol. The van der Waals surface area contributed by atoms with Crippen LogP contribution in [0.4, 0.5) is 5.69 Å². The van der Waals surface area contributed by atoms with Crippen LogP contribution in [0.15, 0.2) is 44.3 Å². The van der Waals surface area contributed by atoms with Gasteiger partial charge in [0.2, 0.25) is 0 Å². The highest BCUT2D eigenvalue weighted by molar-refractivity contribution is 9.13. The Labute approximate surface area is 165 Å². The molecular weight excluding hydrogens is 476 g/mol. The number of nitrogens with one attached hydrogen (secondary N) is 1. The molecule has 1 aliphatic heterocycles. The van der Waals surface area contributed by atoms with E-state index in [1.807, 2.05) is 37.3 Å². The van der Waals surface area contributed by atoms with E-state index in [9.17, 15) is 4.79 Å². The topological polar surface area (TPSA) is 41.6 Å². The molecule has 0 saturated carbocycles. The molecule has 1 saturated heterocycles. The molecule has 8 heteroatoms. The van der Waals surface area contributed by atoms with Crippen molar-refractivity contribution in [2.24, 2.45) is 0 Å². The third-order valence-electron chi connectivity index (χ3n) is 3.23. The summed E-state index contributed by atoms with van der Waals surface area (Å²) in [5, 5.41) is 3.33. The summed E-state index contributed by atoms with van der Waals surface area (Å²) >= 11 is 13.8. The van der Waals surface area contributed by atoms with Gasteiger partial charge in [-0.15, -0.1) is 11.3 Å². The Hall–Kier alpha value is -1.22. The number of benzene rings is 1. The number of hydrogen-bond donors (Lipinski definition) is 1. The first-order valence-electron chi connectivity index (χ1n) is 7.05. The molecule has 1 fully saturated rings. The normalized spacial score (nSPS) is 16.0. The number of halogens is 2. The number of hydrogen-bond acceptors (Lipinski definition) is 4. The van der Waals surface area contributed by atoms with Crippen molar-refractivity contribution in [2.45, 2.75) is 6.92 Å². The lowest BCUT2D eigenvalue weighted by atomic mass is 10.2. The molecule has 1 amide bonds. The molecule has 1 aliphatic rings. The molecule has 124 valence electrons. The predicted octanol–water partition coefficient (Wildman–Crippen LogP) is 4.93. The van der Waals surface area contributed by atoms with Crippen LogP contribution < -0.4 is 15.0 Å². The zero-order chi connectivity index (χ0) is 17.3. The van der Waals surface area contributed by atoms with Crippen molar-refractivity contribution in [1.29, 1.82) is 0 Å². The third-order valence-corrected chi connectivity index (χ3v) is 6.72. The van der Waals surface area contributed by atoms with Gasteiger partial charge in [-0.1, -0.05) is 12.1 Å². The molecule has 2 heterocycles. The van der Waals surface area contributed by atoms with E-state index in [2.05, 4.69) is 37.2 Å². The standard InChI is InChI=1S/C16H12Br2N2O2S2/c1-2-22-13-6-4-3-5-12(13)20-15(21)11(19-16(20)23)8-9-7-10(17)14(18)24-9/h3-8H,2H2,1H3,(H,19,23)/b11-8+. The lowest BCUT2D eigenvalue weighted by Crippen LogP contribution is -2.30. The number of anilines is 1. The molecule has 0 unspecified atom stereocenters. The molecule has 4 nitrogen and oxygen atoms in total. The van der Waals surface area contributed by atoms with E-state index in [1.165, 1.54) is 16.2 Å². The van der Waals surface area contributed by atoms with Crippen molar-refractivity contribution in [3.63, 3.8) is 0 Å². The summed E-state index contributed by atoms with van der Waals surface area (Å²) in [4.78, 5) is 15.2. The van der Waals surface area contributed by atoms with E-state index < -0.39 is 0 Å². The first kappa shape index (κ1) is 17.6. The number of carbonyl (C=O) groups excluding carboxylic acids is 1. The average Bonchev–Trinajstić information content (AvgIpc) is 3.00. The van der Waals surface area contributed by atoms with Crippen molar-refractivity contribution in [3.8, 4) is 5.75 Å². The maximum Gasteiger partial charge on any atom is 0.281 e. The van der Waals surface area contributed by atoms with Gasteiger partial charge in [0.05, 0.1) is 16.1 Å². The fourth-order valence-electron chi connectivity index (χ4n) is 2.25. The molecule has 3 rings (SSSR count). The molecular formula is C16H12Br2N2O2S2. The number of amides is 1. The zero-order valence-corrected chi connectivity index (χ0v) is 17.3. The Morgan fingerprint density at radius 2 is 2.12 bits per heavy atom. The third kappa shape index (κ3) is 3.42. The zero-order valence-electron chi connectivity index (χ0n) is 12.5. The van der Waals surface area contributed by atoms with Crippen LogP contribution in [-0.4, -0.2) is 17.6 Å². The van der Waals surface area contributed by atoms with Crippen LogP contribution in [0.2, 0.25) is 0 Å². The molecule has 0 atom stereocenters. The Bertz CT molecular complexity index is 829. The molecule has 0 aliphatic carbocycles.